The number of anilines is 1. The minimum Gasteiger partial charge on any atom is -0.465 e. The Morgan fingerprint density at radius 1 is 0.935 bits per heavy atom. The SMILES string of the molecule is COCCOC(=O)c1c(NC(=O)COC(=O)c2c(C)oc(C)c2C)sc(C(N)=O)c1C. The number of primary amides is 1. The smallest absolute Gasteiger partial charge is 0.342 e. The highest BCUT2D eigenvalue weighted by molar-refractivity contribution is 7.18. The van der Waals surface area contributed by atoms with Crippen molar-refractivity contribution in [1.82, 2.24) is 0 Å². The molecule has 0 spiro atoms. The van der Waals surface area contributed by atoms with Crippen LogP contribution in [0.5, 0.6) is 0 Å². The van der Waals surface area contributed by atoms with Crippen molar-refractivity contribution in [2.75, 3.05) is 32.2 Å². The molecule has 0 fully saturated rings. The standard InChI is InChI=1S/C20H24N2O8S/c1-9-11(3)30-12(4)14(9)19(25)29-8-13(23)22-18-15(20(26)28-7-6-27-5)10(2)16(31-18)17(21)24/h6-8H2,1-5H3,(H2,21,24)(H,22,23). The van der Waals surface area contributed by atoms with E-state index < -0.39 is 30.4 Å². The molecule has 168 valence electrons. The second kappa shape index (κ2) is 10.2. The Morgan fingerprint density at radius 2 is 1.58 bits per heavy atom. The highest BCUT2D eigenvalue weighted by Gasteiger charge is 2.26. The van der Waals surface area contributed by atoms with Crippen LogP contribution in [0.2, 0.25) is 0 Å². The number of carbonyl (C=O) groups excluding carboxylic acids is 4. The lowest BCUT2D eigenvalue weighted by Crippen LogP contribution is -2.22. The Labute approximate surface area is 182 Å². The van der Waals surface area contributed by atoms with Crippen LogP contribution in [-0.2, 0) is 19.0 Å². The first kappa shape index (κ1) is 24.1. The van der Waals surface area contributed by atoms with Crippen molar-refractivity contribution in [2.45, 2.75) is 27.7 Å². The topological polar surface area (TPSA) is 147 Å². The molecule has 0 radical (unpaired) electrons. The molecule has 0 bridgehead atoms. The summed E-state index contributed by atoms with van der Waals surface area (Å²) in [5.74, 6) is -1.93. The molecule has 2 heterocycles. The fourth-order valence-electron chi connectivity index (χ4n) is 2.83. The van der Waals surface area contributed by atoms with E-state index in [1.165, 1.54) is 14.0 Å². The Bertz CT molecular complexity index is 1020. The highest BCUT2D eigenvalue weighted by atomic mass is 32.1. The predicted octanol–water partition coefficient (Wildman–Crippen LogP) is 2.27. The van der Waals surface area contributed by atoms with Crippen LogP contribution >= 0.6 is 11.3 Å². The molecule has 0 aliphatic carbocycles. The number of rotatable bonds is 9. The average Bonchev–Trinajstić information content (AvgIpc) is 3.15. The molecule has 2 amide bonds. The van der Waals surface area contributed by atoms with Gasteiger partial charge in [-0.3, -0.25) is 9.59 Å². The molecule has 0 aliphatic rings. The van der Waals surface area contributed by atoms with Crippen molar-refractivity contribution in [1.29, 1.82) is 0 Å². The summed E-state index contributed by atoms with van der Waals surface area (Å²) < 4.78 is 20.4. The van der Waals surface area contributed by atoms with E-state index in [-0.39, 0.29) is 39.8 Å². The Balaban J connectivity index is 2.14. The van der Waals surface area contributed by atoms with Crippen molar-refractivity contribution < 1.29 is 37.8 Å². The minimum atomic E-state index is -0.748. The second-order valence-corrected chi connectivity index (χ2v) is 7.61. The number of nitrogens with one attached hydrogen (secondary N) is 1. The van der Waals surface area contributed by atoms with Gasteiger partial charge >= 0.3 is 11.9 Å². The molecule has 0 saturated carbocycles. The number of nitrogens with two attached hydrogens (primary N) is 1. The zero-order valence-corrected chi connectivity index (χ0v) is 18.7. The lowest BCUT2D eigenvalue weighted by Gasteiger charge is -2.09. The van der Waals surface area contributed by atoms with E-state index in [4.69, 9.17) is 24.4 Å². The summed E-state index contributed by atoms with van der Waals surface area (Å²) in [7, 11) is 1.45. The van der Waals surface area contributed by atoms with Crippen LogP contribution in [0.25, 0.3) is 0 Å². The van der Waals surface area contributed by atoms with Gasteiger partial charge in [-0.2, -0.15) is 0 Å². The van der Waals surface area contributed by atoms with Crippen LogP contribution in [0.4, 0.5) is 5.00 Å². The lowest BCUT2D eigenvalue weighted by atomic mass is 10.1. The van der Waals surface area contributed by atoms with Crippen molar-refractivity contribution in [3.63, 3.8) is 0 Å². The Morgan fingerprint density at radius 3 is 2.13 bits per heavy atom. The molecule has 11 heteroatoms. The number of hydrogen-bond donors (Lipinski definition) is 2. The van der Waals surface area contributed by atoms with Gasteiger partial charge in [-0.25, -0.2) is 9.59 Å². The summed E-state index contributed by atoms with van der Waals surface area (Å²) >= 11 is 0.835. The van der Waals surface area contributed by atoms with Gasteiger partial charge in [-0.15, -0.1) is 11.3 Å². The number of ether oxygens (including phenoxy) is 3. The van der Waals surface area contributed by atoms with Crippen molar-refractivity contribution in [3.8, 4) is 0 Å². The molecule has 0 aliphatic heterocycles. The molecule has 10 nitrogen and oxygen atoms in total. The summed E-state index contributed by atoms with van der Waals surface area (Å²) in [5, 5.41) is 2.55. The van der Waals surface area contributed by atoms with Crippen LogP contribution in [0.15, 0.2) is 4.42 Å². The van der Waals surface area contributed by atoms with Crippen LogP contribution < -0.4 is 11.1 Å². The van der Waals surface area contributed by atoms with Gasteiger partial charge in [0.2, 0.25) is 0 Å². The Hall–Kier alpha value is -3.18. The quantitative estimate of drug-likeness (QED) is 0.435. The van der Waals surface area contributed by atoms with Crippen LogP contribution in [0.3, 0.4) is 0 Å². The van der Waals surface area contributed by atoms with Crippen molar-refractivity contribution >= 4 is 40.1 Å². The molecule has 0 saturated heterocycles. The van der Waals surface area contributed by atoms with E-state index in [9.17, 15) is 19.2 Å². The third-order valence-corrected chi connectivity index (χ3v) is 5.67. The van der Waals surface area contributed by atoms with Crippen LogP contribution in [0.1, 0.15) is 53.0 Å². The third-order valence-electron chi connectivity index (χ3n) is 4.45. The van der Waals surface area contributed by atoms with Gasteiger partial charge < -0.3 is 29.7 Å². The fraction of sp³-hybridized carbons (Fsp3) is 0.400. The number of hydrogen-bond acceptors (Lipinski definition) is 9. The maximum atomic E-state index is 12.4. The van der Waals surface area contributed by atoms with Gasteiger partial charge in [0.1, 0.15) is 28.7 Å². The van der Waals surface area contributed by atoms with Gasteiger partial charge in [0.15, 0.2) is 6.61 Å². The van der Waals surface area contributed by atoms with E-state index >= 15 is 0 Å². The summed E-state index contributed by atoms with van der Waals surface area (Å²) in [6.45, 7) is 6.14. The minimum absolute atomic E-state index is 0.00623. The molecule has 31 heavy (non-hydrogen) atoms. The maximum Gasteiger partial charge on any atom is 0.342 e. The molecule has 3 N–H and O–H groups in total. The first-order chi connectivity index (χ1) is 14.6. The first-order valence-electron chi connectivity index (χ1n) is 9.21. The maximum absolute atomic E-state index is 12.4. The average molecular weight is 452 g/mol. The van der Waals surface area contributed by atoms with Crippen LogP contribution in [-0.4, -0.2) is 50.7 Å². The zero-order valence-electron chi connectivity index (χ0n) is 17.9. The summed E-state index contributed by atoms with van der Waals surface area (Å²) in [6, 6.07) is 0. The molecule has 0 atom stereocenters. The molecule has 2 aromatic rings. The highest BCUT2D eigenvalue weighted by Crippen LogP contribution is 2.33. The third kappa shape index (κ3) is 5.50. The Kier molecular flexibility index (Phi) is 7.95. The normalized spacial score (nSPS) is 10.6. The number of carbonyl (C=O) groups is 4. The van der Waals surface area contributed by atoms with E-state index in [0.717, 1.165) is 11.3 Å². The van der Waals surface area contributed by atoms with Gasteiger partial charge in [-0.1, -0.05) is 0 Å². The molecule has 2 rings (SSSR count). The lowest BCUT2D eigenvalue weighted by molar-refractivity contribution is -0.119. The van der Waals surface area contributed by atoms with Gasteiger partial charge in [0.05, 0.1) is 17.0 Å². The summed E-state index contributed by atoms with van der Waals surface area (Å²) in [6.07, 6.45) is 0. The molecular weight excluding hydrogens is 428 g/mol. The molecule has 0 unspecified atom stereocenters. The molecular formula is C20H24N2O8S. The van der Waals surface area contributed by atoms with Crippen molar-refractivity contribution in [2.24, 2.45) is 5.73 Å². The monoisotopic (exact) mass is 452 g/mol. The fourth-order valence-corrected chi connectivity index (χ4v) is 3.90. The largest absolute Gasteiger partial charge is 0.465 e. The summed E-state index contributed by atoms with van der Waals surface area (Å²) in [4.78, 5) is 48.9. The van der Waals surface area contributed by atoms with Gasteiger partial charge in [0, 0.05) is 12.7 Å². The van der Waals surface area contributed by atoms with Crippen molar-refractivity contribution in [3.05, 3.63) is 38.7 Å². The van der Waals surface area contributed by atoms with E-state index in [1.54, 1.807) is 20.8 Å². The number of amides is 2. The number of aryl methyl sites for hydroxylation is 2. The number of esters is 2. The number of methoxy groups -OCH3 is 1. The number of furan rings is 1. The predicted molar refractivity (Wildman–Crippen MR) is 112 cm³/mol. The number of thiophene rings is 1. The van der Waals surface area contributed by atoms with E-state index in [1.807, 2.05) is 0 Å². The van der Waals surface area contributed by atoms with E-state index in [2.05, 4.69) is 5.32 Å². The summed E-state index contributed by atoms with van der Waals surface area (Å²) in [5.41, 5.74) is 6.53. The van der Waals surface area contributed by atoms with Gasteiger partial charge in [-0.05, 0) is 33.3 Å². The van der Waals surface area contributed by atoms with Gasteiger partial charge in [0.25, 0.3) is 11.8 Å². The zero-order chi connectivity index (χ0) is 23.3. The van der Waals surface area contributed by atoms with Crippen LogP contribution in [0, 0.1) is 27.7 Å². The van der Waals surface area contributed by atoms with E-state index in [0.29, 0.717) is 17.1 Å². The molecule has 2 aromatic heterocycles. The second-order valence-electron chi connectivity index (χ2n) is 6.59. The molecule has 0 aromatic carbocycles. The first-order valence-corrected chi connectivity index (χ1v) is 10.0.